The van der Waals surface area contributed by atoms with Gasteiger partial charge in [0.15, 0.2) is 11.5 Å². The molecular weight excluding hydrogens is 344 g/mol. The molecule has 0 aliphatic carbocycles. The van der Waals surface area contributed by atoms with Gasteiger partial charge in [-0.2, -0.15) is 10.1 Å². The molecule has 142 valence electrons. The summed E-state index contributed by atoms with van der Waals surface area (Å²) in [6, 6.07) is 9.98. The van der Waals surface area contributed by atoms with Crippen LogP contribution >= 0.6 is 0 Å². The number of hydrogen-bond donors (Lipinski definition) is 0. The molecule has 1 aliphatic rings. The highest BCUT2D eigenvalue weighted by Gasteiger charge is 2.26. The standard InChI is InChI=1S/C20H24N4O3/c1-5-25-15-8-6-13(7-9-15)17-11-24-14(12-26-17)10-16(22-24)18-21-19(23-27-18)20(2,3)4/h6-10,17H,5,11-12H2,1-4H3/t17-/m0/s1. The number of hydrogen-bond acceptors (Lipinski definition) is 6. The quantitative estimate of drug-likeness (QED) is 0.695. The summed E-state index contributed by atoms with van der Waals surface area (Å²) in [5.74, 6) is 1.98. The van der Waals surface area contributed by atoms with Gasteiger partial charge in [-0.15, -0.1) is 0 Å². The number of benzene rings is 1. The van der Waals surface area contributed by atoms with Crippen molar-refractivity contribution in [2.75, 3.05) is 6.61 Å². The second-order valence-corrected chi connectivity index (χ2v) is 7.68. The van der Waals surface area contributed by atoms with Gasteiger partial charge in [0.1, 0.15) is 11.9 Å². The van der Waals surface area contributed by atoms with Crippen molar-refractivity contribution in [3.05, 3.63) is 47.4 Å². The van der Waals surface area contributed by atoms with Crippen LogP contribution < -0.4 is 4.74 Å². The fourth-order valence-electron chi connectivity index (χ4n) is 3.01. The van der Waals surface area contributed by atoms with Gasteiger partial charge in [-0.25, -0.2) is 0 Å². The average Bonchev–Trinajstić information content (AvgIpc) is 3.28. The lowest BCUT2D eigenvalue weighted by molar-refractivity contribution is -0.00115. The molecule has 1 aromatic carbocycles. The van der Waals surface area contributed by atoms with Crippen molar-refractivity contribution < 1.29 is 14.0 Å². The van der Waals surface area contributed by atoms with Gasteiger partial charge in [-0.1, -0.05) is 38.1 Å². The Labute approximate surface area is 158 Å². The summed E-state index contributed by atoms with van der Waals surface area (Å²) in [5.41, 5.74) is 2.63. The maximum atomic E-state index is 6.03. The Kier molecular flexibility index (Phi) is 4.47. The first-order valence-electron chi connectivity index (χ1n) is 9.19. The summed E-state index contributed by atoms with van der Waals surface area (Å²) >= 11 is 0. The van der Waals surface area contributed by atoms with E-state index in [-0.39, 0.29) is 11.5 Å². The van der Waals surface area contributed by atoms with Crippen LogP contribution in [0.2, 0.25) is 0 Å². The van der Waals surface area contributed by atoms with E-state index in [1.807, 2.05) is 41.9 Å². The molecule has 1 atom stereocenters. The number of aromatic nitrogens is 4. The number of ether oxygens (including phenoxy) is 2. The zero-order chi connectivity index (χ0) is 19.0. The molecule has 0 fully saturated rings. The zero-order valence-corrected chi connectivity index (χ0v) is 16.1. The maximum Gasteiger partial charge on any atom is 0.278 e. The Morgan fingerprint density at radius 2 is 2.00 bits per heavy atom. The Balaban J connectivity index is 1.53. The smallest absolute Gasteiger partial charge is 0.278 e. The van der Waals surface area contributed by atoms with Gasteiger partial charge < -0.3 is 14.0 Å². The minimum atomic E-state index is -0.164. The molecule has 0 saturated carbocycles. The molecule has 0 bridgehead atoms. The normalized spacial score (nSPS) is 17.0. The molecule has 7 heteroatoms. The van der Waals surface area contributed by atoms with Gasteiger partial charge in [0.2, 0.25) is 0 Å². The number of nitrogens with zero attached hydrogens (tertiary/aromatic N) is 4. The predicted molar refractivity (Wildman–Crippen MR) is 99.4 cm³/mol. The van der Waals surface area contributed by atoms with Crippen molar-refractivity contribution in [2.24, 2.45) is 0 Å². The second kappa shape index (κ2) is 6.81. The second-order valence-electron chi connectivity index (χ2n) is 7.68. The third-order valence-electron chi connectivity index (χ3n) is 4.51. The Hall–Kier alpha value is -2.67. The summed E-state index contributed by atoms with van der Waals surface area (Å²) in [6.07, 6.45) is -0.0475. The molecule has 7 nitrogen and oxygen atoms in total. The van der Waals surface area contributed by atoms with Crippen LogP contribution in [0, 0.1) is 0 Å². The summed E-state index contributed by atoms with van der Waals surface area (Å²) in [6.45, 7) is 9.92. The zero-order valence-electron chi connectivity index (χ0n) is 16.1. The van der Waals surface area contributed by atoms with Crippen molar-refractivity contribution in [1.82, 2.24) is 19.9 Å². The van der Waals surface area contributed by atoms with E-state index in [4.69, 9.17) is 14.0 Å². The molecule has 2 aromatic heterocycles. The minimum Gasteiger partial charge on any atom is -0.494 e. The Morgan fingerprint density at radius 1 is 1.22 bits per heavy atom. The van der Waals surface area contributed by atoms with Crippen molar-refractivity contribution in [2.45, 2.75) is 52.4 Å². The maximum absolute atomic E-state index is 6.03. The molecule has 3 aromatic rings. The lowest BCUT2D eigenvalue weighted by Crippen LogP contribution is -2.21. The first kappa shape index (κ1) is 17.7. The van der Waals surface area contributed by atoms with E-state index in [1.165, 1.54) is 0 Å². The molecule has 0 spiro atoms. The van der Waals surface area contributed by atoms with Gasteiger partial charge >= 0.3 is 0 Å². The molecule has 0 saturated heterocycles. The first-order valence-corrected chi connectivity index (χ1v) is 9.19. The topological polar surface area (TPSA) is 75.2 Å². The van der Waals surface area contributed by atoms with Gasteiger partial charge in [0.25, 0.3) is 5.89 Å². The van der Waals surface area contributed by atoms with Gasteiger partial charge in [-0.3, -0.25) is 4.68 Å². The number of rotatable bonds is 4. The van der Waals surface area contributed by atoms with Crippen LogP contribution in [-0.4, -0.2) is 26.5 Å². The highest BCUT2D eigenvalue weighted by atomic mass is 16.5. The van der Waals surface area contributed by atoms with Crippen LogP contribution in [0.15, 0.2) is 34.9 Å². The lowest BCUT2D eigenvalue weighted by Gasteiger charge is -2.24. The highest BCUT2D eigenvalue weighted by Crippen LogP contribution is 2.30. The SMILES string of the molecule is CCOc1ccc([C@@H]2Cn3nc(-c4nc(C(C)(C)C)no4)cc3CO2)cc1. The molecule has 0 radical (unpaired) electrons. The fourth-order valence-corrected chi connectivity index (χ4v) is 3.01. The average molecular weight is 368 g/mol. The summed E-state index contributed by atoms with van der Waals surface area (Å²) in [4.78, 5) is 4.49. The van der Waals surface area contributed by atoms with Crippen LogP contribution in [0.3, 0.4) is 0 Å². The van der Waals surface area contributed by atoms with Crippen molar-refractivity contribution >= 4 is 0 Å². The van der Waals surface area contributed by atoms with E-state index in [2.05, 4.69) is 36.0 Å². The van der Waals surface area contributed by atoms with Crippen LogP contribution in [-0.2, 0) is 23.3 Å². The summed E-state index contributed by atoms with van der Waals surface area (Å²) in [7, 11) is 0. The third kappa shape index (κ3) is 3.60. The fraction of sp³-hybridized carbons (Fsp3) is 0.450. The van der Waals surface area contributed by atoms with E-state index < -0.39 is 0 Å². The predicted octanol–water partition coefficient (Wildman–Crippen LogP) is 3.90. The van der Waals surface area contributed by atoms with Gasteiger partial charge in [-0.05, 0) is 30.7 Å². The van der Waals surface area contributed by atoms with Crippen LogP contribution in [0.4, 0.5) is 0 Å². The lowest BCUT2D eigenvalue weighted by atomic mass is 9.96. The molecule has 0 unspecified atom stereocenters. The van der Waals surface area contributed by atoms with Gasteiger partial charge in [0.05, 0.1) is 25.5 Å². The van der Waals surface area contributed by atoms with E-state index in [0.29, 0.717) is 37.2 Å². The van der Waals surface area contributed by atoms with Gasteiger partial charge in [0, 0.05) is 5.41 Å². The highest BCUT2D eigenvalue weighted by molar-refractivity contribution is 5.47. The van der Waals surface area contributed by atoms with Crippen molar-refractivity contribution in [3.8, 4) is 17.3 Å². The molecule has 0 amide bonds. The molecule has 3 heterocycles. The van der Waals surface area contributed by atoms with Crippen molar-refractivity contribution in [3.63, 3.8) is 0 Å². The van der Waals surface area contributed by atoms with Crippen LogP contribution in [0.1, 0.15) is 50.9 Å². The molecule has 27 heavy (non-hydrogen) atoms. The molecule has 1 aliphatic heterocycles. The Bertz CT molecular complexity index is 922. The number of fused-ring (bicyclic) bond motifs is 1. The monoisotopic (exact) mass is 368 g/mol. The van der Waals surface area contributed by atoms with E-state index >= 15 is 0 Å². The van der Waals surface area contributed by atoms with Crippen molar-refractivity contribution in [1.29, 1.82) is 0 Å². The molecular formula is C20H24N4O3. The van der Waals surface area contributed by atoms with Crippen LogP contribution in [0.25, 0.3) is 11.6 Å². The molecule has 4 rings (SSSR count). The van der Waals surface area contributed by atoms with E-state index in [0.717, 1.165) is 17.0 Å². The minimum absolute atomic E-state index is 0.0475. The van der Waals surface area contributed by atoms with E-state index in [9.17, 15) is 0 Å². The van der Waals surface area contributed by atoms with E-state index in [1.54, 1.807) is 0 Å². The summed E-state index contributed by atoms with van der Waals surface area (Å²) in [5, 5.41) is 8.73. The van der Waals surface area contributed by atoms with Crippen LogP contribution in [0.5, 0.6) is 5.75 Å². The third-order valence-corrected chi connectivity index (χ3v) is 4.51. The molecule has 0 N–H and O–H groups in total. The Morgan fingerprint density at radius 3 is 2.67 bits per heavy atom. The first-order chi connectivity index (χ1) is 12.9. The summed E-state index contributed by atoms with van der Waals surface area (Å²) < 4.78 is 18.9. The largest absolute Gasteiger partial charge is 0.494 e.